The van der Waals surface area contributed by atoms with Crippen LogP contribution in [0.2, 0.25) is 0 Å². The Morgan fingerprint density at radius 3 is 2.50 bits per heavy atom. The molecule has 1 rings (SSSR count). The van der Waals surface area contributed by atoms with Crippen LogP contribution in [0, 0.1) is 5.41 Å². The lowest BCUT2D eigenvalue weighted by Gasteiger charge is -2.29. The highest BCUT2D eigenvalue weighted by atomic mass is 16.6. The summed E-state index contributed by atoms with van der Waals surface area (Å²) in [6.07, 6.45) is 1.57. The SMILES string of the molecule is CONC(=O)C1CCCN1C(=O)C(C)(C)C. The smallest absolute Gasteiger partial charge is 0.266 e. The van der Waals surface area contributed by atoms with Gasteiger partial charge < -0.3 is 4.90 Å². The van der Waals surface area contributed by atoms with Gasteiger partial charge in [-0.05, 0) is 12.8 Å². The second-order valence-electron chi connectivity index (χ2n) is 5.08. The highest BCUT2D eigenvalue weighted by Crippen LogP contribution is 2.25. The first-order chi connectivity index (χ1) is 7.38. The predicted molar refractivity (Wildman–Crippen MR) is 59.3 cm³/mol. The number of carbonyl (C=O) groups is 2. The van der Waals surface area contributed by atoms with Gasteiger partial charge in [-0.1, -0.05) is 20.8 Å². The number of nitrogens with one attached hydrogen (secondary N) is 1. The van der Waals surface area contributed by atoms with E-state index in [9.17, 15) is 9.59 Å². The van der Waals surface area contributed by atoms with Crippen LogP contribution in [0.5, 0.6) is 0 Å². The lowest BCUT2D eigenvalue weighted by Crippen LogP contribution is -2.49. The summed E-state index contributed by atoms with van der Waals surface area (Å²) in [6.45, 7) is 6.23. The molecular weight excluding hydrogens is 208 g/mol. The number of carbonyl (C=O) groups excluding carboxylic acids is 2. The van der Waals surface area contributed by atoms with Gasteiger partial charge in [0, 0.05) is 12.0 Å². The molecule has 0 spiro atoms. The van der Waals surface area contributed by atoms with Gasteiger partial charge in [-0.15, -0.1) is 0 Å². The van der Waals surface area contributed by atoms with Crippen molar-refractivity contribution in [1.29, 1.82) is 0 Å². The molecule has 0 radical (unpaired) electrons. The Labute approximate surface area is 96.1 Å². The van der Waals surface area contributed by atoms with Crippen LogP contribution in [0.15, 0.2) is 0 Å². The van der Waals surface area contributed by atoms with Gasteiger partial charge in [-0.3, -0.25) is 14.4 Å². The second-order valence-corrected chi connectivity index (χ2v) is 5.08. The van der Waals surface area contributed by atoms with Crippen LogP contribution in [0.25, 0.3) is 0 Å². The van der Waals surface area contributed by atoms with E-state index in [1.54, 1.807) is 4.90 Å². The third kappa shape index (κ3) is 2.72. The van der Waals surface area contributed by atoms with Crippen molar-refractivity contribution in [2.45, 2.75) is 39.7 Å². The number of likely N-dealkylation sites (tertiary alicyclic amines) is 1. The molecule has 1 unspecified atom stereocenters. The van der Waals surface area contributed by atoms with Crippen molar-refractivity contribution in [1.82, 2.24) is 10.4 Å². The molecule has 2 amide bonds. The first-order valence-electron chi connectivity index (χ1n) is 5.52. The monoisotopic (exact) mass is 228 g/mol. The van der Waals surface area contributed by atoms with Crippen LogP contribution in [0.1, 0.15) is 33.6 Å². The van der Waals surface area contributed by atoms with Gasteiger partial charge in [-0.25, -0.2) is 5.48 Å². The molecule has 0 aromatic rings. The molecule has 1 aliphatic rings. The van der Waals surface area contributed by atoms with Crippen molar-refractivity contribution in [3.63, 3.8) is 0 Å². The largest absolute Gasteiger partial charge is 0.330 e. The van der Waals surface area contributed by atoms with E-state index in [0.29, 0.717) is 13.0 Å². The normalized spacial score (nSPS) is 21.0. The lowest BCUT2D eigenvalue weighted by molar-refractivity contribution is -0.148. The predicted octanol–water partition coefficient (Wildman–Crippen LogP) is 0.701. The number of rotatable bonds is 2. The lowest BCUT2D eigenvalue weighted by atomic mass is 9.94. The van der Waals surface area contributed by atoms with E-state index in [-0.39, 0.29) is 17.9 Å². The van der Waals surface area contributed by atoms with E-state index in [4.69, 9.17) is 0 Å². The summed E-state index contributed by atoms with van der Waals surface area (Å²) in [5.41, 5.74) is 1.84. The van der Waals surface area contributed by atoms with Crippen LogP contribution < -0.4 is 5.48 Å². The Balaban J connectivity index is 2.73. The molecule has 1 heterocycles. The highest BCUT2D eigenvalue weighted by Gasteiger charge is 2.38. The fourth-order valence-corrected chi connectivity index (χ4v) is 1.88. The number of amides is 2. The summed E-state index contributed by atoms with van der Waals surface area (Å²) in [5.74, 6) is -0.223. The summed E-state index contributed by atoms with van der Waals surface area (Å²) in [7, 11) is 1.39. The fraction of sp³-hybridized carbons (Fsp3) is 0.818. The maximum Gasteiger partial charge on any atom is 0.266 e. The molecule has 1 aliphatic heterocycles. The Hall–Kier alpha value is -1.10. The van der Waals surface area contributed by atoms with Crippen molar-refractivity contribution in [2.24, 2.45) is 5.41 Å². The minimum absolute atomic E-state index is 0.0150. The summed E-state index contributed by atoms with van der Waals surface area (Å²) < 4.78 is 0. The summed E-state index contributed by atoms with van der Waals surface area (Å²) in [5, 5.41) is 0. The fourth-order valence-electron chi connectivity index (χ4n) is 1.88. The molecule has 1 saturated heterocycles. The maximum atomic E-state index is 12.1. The average Bonchev–Trinajstić information content (AvgIpc) is 2.63. The number of hydrogen-bond acceptors (Lipinski definition) is 3. The van der Waals surface area contributed by atoms with E-state index in [1.807, 2.05) is 20.8 Å². The van der Waals surface area contributed by atoms with Crippen molar-refractivity contribution in [2.75, 3.05) is 13.7 Å². The molecular formula is C11H20N2O3. The molecule has 0 bridgehead atoms. The van der Waals surface area contributed by atoms with Crippen molar-refractivity contribution < 1.29 is 14.4 Å². The van der Waals surface area contributed by atoms with Crippen LogP contribution in [-0.4, -0.2) is 36.4 Å². The molecule has 16 heavy (non-hydrogen) atoms. The van der Waals surface area contributed by atoms with E-state index < -0.39 is 5.41 Å². The highest BCUT2D eigenvalue weighted by molar-refractivity contribution is 5.89. The van der Waals surface area contributed by atoms with Gasteiger partial charge >= 0.3 is 0 Å². The molecule has 0 aromatic heterocycles. The zero-order valence-corrected chi connectivity index (χ0v) is 10.4. The molecule has 0 aliphatic carbocycles. The number of nitrogens with zero attached hydrogens (tertiary/aromatic N) is 1. The van der Waals surface area contributed by atoms with Crippen LogP contribution in [-0.2, 0) is 14.4 Å². The summed E-state index contributed by atoms with van der Waals surface area (Å²) in [6, 6.07) is -0.383. The van der Waals surface area contributed by atoms with Crippen molar-refractivity contribution in [3.8, 4) is 0 Å². The van der Waals surface area contributed by atoms with Gasteiger partial charge in [0.1, 0.15) is 6.04 Å². The number of hydrogen-bond donors (Lipinski definition) is 1. The average molecular weight is 228 g/mol. The molecule has 92 valence electrons. The van der Waals surface area contributed by atoms with Gasteiger partial charge in [0.15, 0.2) is 0 Å². The standard InChI is InChI=1S/C11H20N2O3/c1-11(2,3)10(15)13-7-5-6-8(13)9(14)12-16-4/h8H,5-7H2,1-4H3,(H,12,14). The Morgan fingerprint density at radius 1 is 1.38 bits per heavy atom. The van der Waals surface area contributed by atoms with Gasteiger partial charge in [0.05, 0.1) is 7.11 Å². The molecule has 0 aromatic carbocycles. The van der Waals surface area contributed by atoms with Crippen molar-refractivity contribution >= 4 is 11.8 Å². The molecule has 0 saturated carbocycles. The molecule has 1 N–H and O–H groups in total. The third-order valence-corrected chi connectivity index (χ3v) is 2.66. The number of hydroxylamine groups is 1. The first kappa shape index (κ1) is 13.0. The van der Waals surface area contributed by atoms with E-state index in [1.165, 1.54) is 7.11 Å². The van der Waals surface area contributed by atoms with Gasteiger partial charge in [-0.2, -0.15) is 0 Å². The first-order valence-corrected chi connectivity index (χ1v) is 5.52. The Bertz CT molecular complexity index is 283. The summed E-state index contributed by atoms with van der Waals surface area (Å²) in [4.78, 5) is 30.0. The summed E-state index contributed by atoms with van der Waals surface area (Å²) >= 11 is 0. The second kappa shape index (κ2) is 4.82. The topological polar surface area (TPSA) is 58.6 Å². The van der Waals surface area contributed by atoms with E-state index >= 15 is 0 Å². The minimum atomic E-state index is -0.448. The Morgan fingerprint density at radius 2 is 2.00 bits per heavy atom. The maximum absolute atomic E-state index is 12.1. The van der Waals surface area contributed by atoms with Crippen LogP contribution in [0.3, 0.4) is 0 Å². The molecule has 1 fully saturated rings. The molecule has 5 heteroatoms. The third-order valence-electron chi connectivity index (χ3n) is 2.66. The van der Waals surface area contributed by atoms with E-state index in [2.05, 4.69) is 10.3 Å². The van der Waals surface area contributed by atoms with Gasteiger partial charge in [0.25, 0.3) is 5.91 Å². The van der Waals surface area contributed by atoms with Crippen LogP contribution >= 0.6 is 0 Å². The zero-order valence-electron chi connectivity index (χ0n) is 10.4. The van der Waals surface area contributed by atoms with E-state index in [0.717, 1.165) is 6.42 Å². The minimum Gasteiger partial charge on any atom is -0.330 e. The van der Waals surface area contributed by atoms with Crippen LogP contribution in [0.4, 0.5) is 0 Å². The molecule has 1 atom stereocenters. The zero-order chi connectivity index (χ0) is 12.3. The van der Waals surface area contributed by atoms with Crippen molar-refractivity contribution in [3.05, 3.63) is 0 Å². The molecule has 5 nitrogen and oxygen atoms in total. The Kier molecular flexibility index (Phi) is 3.91. The quantitative estimate of drug-likeness (QED) is 0.708. The van der Waals surface area contributed by atoms with Gasteiger partial charge in [0.2, 0.25) is 5.91 Å².